The maximum absolute atomic E-state index is 12.0. The zero-order chi connectivity index (χ0) is 13.7. The predicted molar refractivity (Wildman–Crippen MR) is 70.8 cm³/mol. The topological polar surface area (TPSA) is 77.0 Å². The molecule has 0 radical (unpaired) electrons. The van der Waals surface area contributed by atoms with E-state index in [4.69, 9.17) is 5.73 Å². The number of amides is 1. The second-order valence-electron chi connectivity index (χ2n) is 4.35. The van der Waals surface area contributed by atoms with Gasteiger partial charge in [0.1, 0.15) is 6.54 Å². The quantitative estimate of drug-likeness (QED) is 0.843. The van der Waals surface area contributed by atoms with Gasteiger partial charge in [-0.2, -0.15) is 0 Å². The molecule has 2 N–H and O–H groups in total. The summed E-state index contributed by atoms with van der Waals surface area (Å²) in [6.45, 7) is 1.09. The van der Waals surface area contributed by atoms with Gasteiger partial charge >= 0.3 is 0 Å². The Labute approximate surface area is 111 Å². The fourth-order valence-electron chi connectivity index (χ4n) is 1.71. The number of nitrogens with zero attached hydrogens (tertiary/aromatic N) is 4. The van der Waals surface area contributed by atoms with E-state index in [0.29, 0.717) is 18.8 Å². The van der Waals surface area contributed by atoms with Crippen molar-refractivity contribution in [1.82, 2.24) is 19.9 Å². The van der Waals surface area contributed by atoms with Crippen LogP contribution in [0, 0.1) is 0 Å². The molecule has 1 aromatic carbocycles. The standard InChI is InChI=1S/C13H17N5O/c1-17(8-11-5-3-2-4-6-11)13(19)10-18-9-12(7-14)15-16-18/h2-6,9H,7-8,10,14H2,1H3. The summed E-state index contributed by atoms with van der Waals surface area (Å²) in [6.07, 6.45) is 1.69. The van der Waals surface area contributed by atoms with E-state index in [2.05, 4.69) is 10.3 Å². The molecule has 2 rings (SSSR count). The number of aromatic nitrogens is 3. The predicted octanol–water partition coefficient (Wildman–Crippen LogP) is 0.395. The number of nitrogens with two attached hydrogens (primary N) is 1. The van der Waals surface area contributed by atoms with E-state index in [1.54, 1.807) is 18.1 Å². The first-order chi connectivity index (χ1) is 9.19. The van der Waals surface area contributed by atoms with Crippen LogP contribution in [0.15, 0.2) is 36.5 Å². The highest BCUT2D eigenvalue weighted by Gasteiger charge is 2.11. The first-order valence-corrected chi connectivity index (χ1v) is 6.06. The molecule has 100 valence electrons. The van der Waals surface area contributed by atoms with Crippen molar-refractivity contribution in [2.75, 3.05) is 7.05 Å². The Hall–Kier alpha value is -2.21. The zero-order valence-electron chi connectivity index (χ0n) is 10.9. The molecule has 6 nitrogen and oxygen atoms in total. The fourth-order valence-corrected chi connectivity index (χ4v) is 1.71. The second-order valence-corrected chi connectivity index (χ2v) is 4.35. The van der Waals surface area contributed by atoms with Crippen molar-refractivity contribution >= 4 is 5.91 Å². The third-order valence-corrected chi connectivity index (χ3v) is 2.78. The summed E-state index contributed by atoms with van der Waals surface area (Å²) in [7, 11) is 1.77. The highest BCUT2D eigenvalue weighted by molar-refractivity contribution is 5.75. The molecule has 6 heteroatoms. The Morgan fingerprint density at radius 1 is 1.37 bits per heavy atom. The molecule has 0 aliphatic heterocycles. The Morgan fingerprint density at radius 2 is 2.11 bits per heavy atom. The van der Waals surface area contributed by atoms with Crippen molar-refractivity contribution < 1.29 is 4.79 Å². The third-order valence-electron chi connectivity index (χ3n) is 2.78. The number of carbonyl (C=O) groups excluding carboxylic acids is 1. The lowest BCUT2D eigenvalue weighted by Gasteiger charge is -2.16. The molecule has 0 fully saturated rings. The van der Waals surface area contributed by atoms with E-state index in [-0.39, 0.29) is 12.5 Å². The van der Waals surface area contributed by atoms with Gasteiger partial charge in [0, 0.05) is 20.1 Å². The zero-order valence-corrected chi connectivity index (χ0v) is 10.9. The molecule has 0 unspecified atom stereocenters. The van der Waals surface area contributed by atoms with Crippen LogP contribution in [0.1, 0.15) is 11.3 Å². The van der Waals surface area contributed by atoms with E-state index in [1.807, 2.05) is 30.3 Å². The first kappa shape index (κ1) is 13.2. The lowest BCUT2D eigenvalue weighted by atomic mass is 10.2. The van der Waals surface area contributed by atoms with Gasteiger partial charge in [0.2, 0.25) is 5.91 Å². The van der Waals surface area contributed by atoms with Crippen molar-refractivity contribution in [3.63, 3.8) is 0 Å². The van der Waals surface area contributed by atoms with Crippen LogP contribution in [0.3, 0.4) is 0 Å². The van der Waals surface area contributed by atoms with Crippen LogP contribution in [-0.2, 0) is 24.4 Å². The van der Waals surface area contributed by atoms with E-state index < -0.39 is 0 Å². The van der Waals surface area contributed by atoms with Crippen LogP contribution in [-0.4, -0.2) is 32.8 Å². The van der Waals surface area contributed by atoms with Crippen LogP contribution in [0.2, 0.25) is 0 Å². The van der Waals surface area contributed by atoms with Gasteiger partial charge in [-0.15, -0.1) is 5.10 Å². The molecular formula is C13H17N5O. The summed E-state index contributed by atoms with van der Waals surface area (Å²) < 4.78 is 1.51. The maximum Gasteiger partial charge on any atom is 0.244 e. The number of benzene rings is 1. The molecule has 0 bridgehead atoms. The van der Waals surface area contributed by atoms with Crippen molar-refractivity contribution in [2.24, 2.45) is 5.73 Å². The minimum Gasteiger partial charge on any atom is -0.340 e. The summed E-state index contributed by atoms with van der Waals surface area (Å²) in [5, 5.41) is 7.70. The average Bonchev–Trinajstić information content (AvgIpc) is 2.87. The molecule has 0 atom stereocenters. The van der Waals surface area contributed by atoms with E-state index in [1.165, 1.54) is 4.68 Å². The molecule has 1 aromatic heterocycles. The number of rotatable bonds is 5. The van der Waals surface area contributed by atoms with Crippen molar-refractivity contribution in [1.29, 1.82) is 0 Å². The number of carbonyl (C=O) groups is 1. The van der Waals surface area contributed by atoms with Gasteiger partial charge in [0.25, 0.3) is 0 Å². The monoisotopic (exact) mass is 259 g/mol. The van der Waals surface area contributed by atoms with Crippen LogP contribution >= 0.6 is 0 Å². The van der Waals surface area contributed by atoms with Gasteiger partial charge < -0.3 is 10.6 Å². The average molecular weight is 259 g/mol. The second kappa shape index (κ2) is 6.10. The van der Waals surface area contributed by atoms with Gasteiger partial charge in [0.05, 0.1) is 11.9 Å². The highest BCUT2D eigenvalue weighted by atomic mass is 16.2. The Morgan fingerprint density at radius 3 is 2.74 bits per heavy atom. The number of hydrogen-bond acceptors (Lipinski definition) is 4. The fraction of sp³-hybridized carbons (Fsp3) is 0.308. The first-order valence-electron chi connectivity index (χ1n) is 6.06. The Balaban J connectivity index is 1.92. The minimum absolute atomic E-state index is 0.0164. The summed E-state index contributed by atoms with van der Waals surface area (Å²) in [4.78, 5) is 13.7. The SMILES string of the molecule is CN(Cc1ccccc1)C(=O)Cn1cc(CN)nn1. The molecule has 0 aliphatic rings. The van der Waals surface area contributed by atoms with Gasteiger partial charge in [-0.25, -0.2) is 4.68 Å². The molecule has 0 saturated carbocycles. The molecule has 2 aromatic rings. The van der Waals surface area contributed by atoms with Crippen LogP contribution < -0.4 is 5.73 Å². The van der Waals surface area contributed by atoms with Gasteiger partial charge in [-0.05, 0) is 5.56 Å². The lowest BCUT2D eigenvalue weighted by Crippen LogP contribution is -2.29. The van der Waals surface area contributed by atoms with Crippen LogP contribution in [0.4, 0.5) is 0 Å². The normalized spacial score (nSPS) is 10.4. The van der Waals surface area contributed by atoms with Crippen LogP contribution in [0.5, 0.6) is 0 Å². The molecular weight excluding hydrogens is 242 g/mol. The van der Waals surface area contributed by atoms with Crippen molar-refractivity contribution in [3.8, 4) is 0 Å². The van der Waals surface area contributed by atoms with Gasteiger partial charge in [-0.3, -0.25) is 4.79 Å². The molecule has 1 heterocycles. The van der Waals surface area contributed by atoms with E-state index in [9.17, 15) is 4.79 Å². The molecule has 1 amide bonds. The van der Waals surface area contributed by atoms with Gasteiger partial charge in [0.15, 0.2) is 0 Å². The molecule has 0 aliphatic carbocycles. The maximum atomic E-state index is 12.0. The summed E-state index contributed by atoms with van der Waals surface area (Å²) >= 11 is 0. The Kier molecular flexibility index (Phi) is 4.25. The van der Waals surface area contributed by atoms with Gasteiger partial charge in [-0.1, -0.05) is 35.5 Å². The third kappa shape index (κ3) is 3.62. The smallest absolute Gasteiger partial charge is 0.244 e. The largest absolute Gasteiger partial charge is 0.340 e. The number of hydrogen-bond donors (Lipinski definition) is 1. The summed E-state index contributed by atoms with van der Waals surface area (Å²) in [6, 6.07) is 9.85. The molecule has 0 spiro atoms. The molecule has 19 heavy (non-hydrogen) atoms. The molecule has 0 saturated heterocycles. The van der Waals surface area contributed by atoms with E-state index >= 15 is 0 Å². The van der Waals surface area contributed by atoms with Crippen molar-refractivity contribution in [3.05, 3.63) is 47.8 Å². The summed E-state index contributed by atoms with van der Waals surface area (Å²) in [5.74, 6) is -0.0164. The highest BCUT2D eigenvalue weighted by Crippen LogP contribution is 2.03. The van der Waals surface area contributed by atoms with E-state index in [0.717, 1.165) is 5.56 Å². The minimum atomic E-state index is -0.0164. The lowest BCUT2D eigenvalue weighted by molar-refractivity contribution is -0.131. The number of likely N-dealkylation sites (N-methyl/N-ethyl adjacent to an activating group) is 1. The Bertz CT molecular complexity index is 537. The van der Waals surface area contributed by atoms with Crippen LogP contribution in [0.25, 0.3) is 0 Å². The summed E-state index contributed by atoms with van der Waals surface area (Å²) in [5.41, 5.74) is 7.22. The van der Waals surface area contributed by atoms with Crippen molar-refractivity contribution in [2.45, 2.75) is 19.6 Å².